The Hall–Kier alpha value is -1.59. The van der Waals surface area contributed by atoms with Crippen molar-refractivity contribution in [1.29, 1.82) is 0 Å². The predicted octanol–water partition coefficient (Wildman–Crippen LogP) is -0.164. The molecule has 0 bridgehead atoms. The Morgan fingerprint density at radius 1 is 1.33 bits per heavy atom. The van der Waals surface area contributed by atoms with E-state index in [1.54, 1.807) is 0 Å². The lowest BCUT2D eigenvalue weighted by atomic mass is 9.98. The van der Waals surface area contributed by atoms with E-state index in [-0.39, 0.29) is 31.3 Å². The van der Waals surface area contributed by atoms with Gasteiger partial charge in [0.2, 0.25) is 11.8 Å². The molecule has 1 heterocycles. The summed E-state index contributed by atoms with van der Waals surface area (Å²) in [6, 6.07) is 0. The highest BCUT2D eigenvalue weighted by atomic mass is 16.4. The third kappa shape index (κ3) is 3.45. The average Bonchev–Trinajstić information content (AvgIpc) is 3.13. The van der Waals surface area contributed by atoms with Crippen LogP contribution < -0.4 is 5.32 Å². The summed E-state index contributed by atoms with van der Waals surface area (Å²) in [4.78, 5) is 35.4. The summed E-state index contributed by atoms with van der Waals surface area (Å²) in [6.45, 7) is 0.795. The first kappa shape index (κ1) is 12.9. The highest BCUT2D eigenvalue weighted by Gasteiger charge is 2.31. The van der Waals surface area contributed by atoms with Crippen LogP contribution in [0.3, 0.4) is 0 Å². The van der Waals surface area contributed by atoms with Crippen LogP contribution in [0.5, 0.6) is 0 Å². The SMILES string of the molecule is O=C(CN1CC(C(=O)O)CCC1=O)NCC1CC1. The molecule has 0 aromatic heterocycles. The molecule has 100 valence electrons. The van der Waals surface area contributed by atoms with E-state index < -0.39 is 11.9 Å². The van der Waals surface area contributed by atoms with Gasteiger partial charge in [0, 0.05) is 19.5 Å². The third-order valence-corrected chi connectivity index (χ3v) is 3.47. The molecule has 0 spiro atoms. The molecule has 1 aliphatic carbocycles. The third-order valence-electron chi connectivity index (χ3n) is 3.47. The van der Waals surface area contributed by atoms with Crippen molar-refractivity contribution in [2.75, 3.05) is 19.6 Å². The molecule has 1 saturated carbocycles. The molecule has 2 amide bonds. The van der Waals surface area contributed by atoms with E-state index in [2.05, 4.69) is 5.32 Å². The summed E-state index contributed by atoms with van der Waals surface area (Å²) in [6.07, 6.45) is 2.90. The van der Waals surface area contributed by atoms with Crippen LogP contribution in [0.15, 0.2) is 0 Å². The number of aliphatic carboxylic acids is 1. The number of piperidine rings is 1. The first-order chi connectivity index (χ1) is 8.56. The number of hydrogen-bond donors (Lipinski definition) is 2. The van der Waals surface area contributed by atoms with Gasteiger partial charge >= 0.3 is 5.97 Å². The normalized spacial score (nSPS) is 23.9. The molecule has 2 N–H and O–H groups in total. The van der Waals surface area contributed by atoms with Crippen molar-refractivity contribution in [1.82, 2.24) is 10.2 Å². The van der Waals surface area contributed by atoms with Crippen LogP contribution in [0.1, 0.15) is 25.7 Å². The molecule has 1 atom stereocenters. The Labute approximate surface area is 105 Å². The molecule has 18 heavy (non-hydrogen) atoms. The number of nitrogens with zero attached hydrogens (tertiary/aromatic N) is 1. The van der Waals surface area contributed by atoms with Gasteiger partial charge in [-0.05, 0) is 25.2 Å². The molecule has 0 radical (unpaired) electrons. The lowest BCUT2D eigenvalue weighted by molar-refractivity contribution is -0.149. The second kappa shape index (κ2) is 5.37. The first-order valence-corrected chi connectivity index (χ1v) is 6.33. The maximum Gasteiger partial charge on any atom is 0.308 e. The van der Waals surface area contributed by atoms with Gasteiger partial charge < -0.3 is 15.3 Å². The number of amides is 2. The minimum Gasteiger partial charge on any atom is -0.481 e. The molecule has 0 aromatic rings. The number of carboxylic acid groups (broad SMARTS) is 1. The molecular formula is C12H18N2O4. The van der Waals surface area contributed by atoms with Gasteiger partial charge in [0.1, 0.15) is 0 Å². The van der Waals surface area contributed by atoms with Gasteiger partial charge in [-0.15, -0.1) is 0 Å². The van der Waals surface area contributed by atoms with Crippen molar-refractivity contribution >= 4 is 17.8 Å². The van der Waals surface area contributed by atoms with Crippen LogP contribution in [-0.2, 0) is 14.4 Å². The summed E-state index contributed by atoms with van der Waals surface area (Å²) in [5.41, 5.74) is 0. The van der Waals surface area contributed by atoms with E-state index >= 15 is 0 Å². The Kier molecular flexibility index (Phi) is 3.84. The van der Waals surface area contributed by atoms with Gasteiger partial charge in [-0.3, -0.25) is 14.4 Å². The van der Waals surface area contributed by atoms with Crippen molar-refractivity contribution in [3.8, 4) is 0 Å². The number of nitrogens with one attached hydrogen (secondary N) is 1. The van der Waals surface area contributed by atoms with Gasteiger partial charge in [-0.25, -0.2) is 0 Å². The topological polar surface area (TPSA) is 86.7 Å². The fourth-order valence-electron chi connectivity index (χ4n) is 2.08. The molecule has 1 unspecified atom stereocenters. The van der Waals surface area contributed by atoms with Crippen molar-refractivity contribution < 1.29 is 19.5 Å². The van der Waals surface area contributed by atoms with E-state index in [1.165, 1.54) is 4.90 Å². The van der Waals surface area contributed by atoms with Crippen LogP contribution in [0, 0.1) is 11.8 Å². The van der Waals surface area contributed by atoms with Gasteiger partial charge in [-0.1, -0.05) is 0 Å². The van der Waals surface area contributed by atoms with Crippen LogP contribution in [-0.4, -0.2) is 47.4 Å². The quantitative estimate of drug-likeness (QED) is 0.713. The summed E-state index contributed by atoms with van der Waals surface area (Å²) >= 11 is 0. The summed E-state index contributed by atoms with van der Waals surface area (Å²) in [7, 11) is 0. The maximum absolute atomic E-state index is 11.6. The first-order valence-electron chi connectivity index (χ1n) is 6.33. The standard InChI is InChI=1S/C12H18N2O4/c15-10(13-5-8-1-2-8)7-14-6-9(12(17)18)3-4-11(14)16/h8-9H,1-7H2,(H,13,15)(H,17,18). The highest BCUT2D eigenvalue weighted by Crippen LogP contribution is 2.27. The molecule has 2 fully saturated rings. The van der Waals surface area contributed by atoms with Gasteiger partial charge in [0.05, 0.1) is 12.5 Å². The Bertz CT molecular complexity index is 365. The van der Waals surface area contributed by atoms with Crippen molar-refractivity contribution in [2.24, 2.45) is 11.8 Å². The van der Waals surface area contributed by atoms with E-state index in [0.717, 1.165) is 12.8 Å². The minimum absolute atomic E-state index is 0.0185. The smallest absolute Gasteiger partial charge is 0.308 e. The molecule has 2 aliphatic rings. The van der Waals surface area contributed by atoms with Crippen LogP contribution >= 0.6 is 0 Å². The Morgan fingerprint density at radius 2 is 2.06 bits per heavy atom. The van der Waals surface area contributed by atoms with Gasteiger partial charge in [0.25, 0.3) is 0 Å². The van der Waals surface area contributed by atoms with Crippen molar-refractivity contribution in [3.63, 3.8) is 0 Å². The molecule has 2 rings (SSSR count). The molecule has 0 aromatic carbocycles. The van der Waals surface area contributed by atoms with E-state index in [4.69, 9.17) is 5.11 Å². The van der Waals surface area contributed by atoms with Crippen LogP contribution in [0.2, 0.25) is 0 Å². The van der Waals surface area contributed by atoms with E-state index in [0.29, 0.717) is 18.9 Å². The second-order valence-electron chi connectivity index (χ2n) is 5.10. The fourth-order valence-corrected chi connectivity index (χ4v) is 2.08. The van der Waals surface area contributed by atoms with Gasteiger partial charge in [-0.2, -0.15) is 0 Å². The number of rotatable bonds is 5. The number of carboxylic acids is 1. The molecular weight excluding hydrogens is 236 g/mol. The zero-order valence-corrected chi connectivity index (χ0v) is 10.2. The Morgan fingerprint density at radius 3 is 2.67 bits per heavy atom. The maximum atomic E-state index is 11.6. The largest absolute Gasteiger partial charge is 0.481 e. The summed E-state index contributed by atoms with van der Waals surface area (Å²) in [5, 5.41) is 11.7. The number of carbonyl (C=O) groups excluding carboxylic acids is 2. The van der Waals surface area contributed by atoms with Crippen molar-refractivity contribution in [3.05, 3.63) is 0 Å². The fraction of sp³-hybridized carbons (Fsp3) is 0.750. The van der Waals surface area contributed by atoms with Gasteiger partial charge in [0.15, 0.2) is 0 Å². The highest BCUT2D eigenvalue weighted by molar-refractivity contribution is 5.86. The zero-order chi connectivity index (χ0) is 13.1. The van der Waals surface area contributed by atoms with Crippen LogP contribution in [0.4, 0.5) is 0 Å². The second-order valence-corrected chi connectivity index (χ2v) is 5.10. The monoisotopic (exact) mass is 254 g/mol. The average molecular weight is 254 g/mol. The molecule has 6 nitrogen and oxygen atoms in total. The minimum atomic E-state index is -0.897. The van der Waals surface area contributed by atoms with E-state index in [1.807, 2.05) is 0 Å². The Balaban J connectivity index is 1.79. The lowest BCUT2D eigenvalue weighted by Crippen LogP contribution is -2.47. The van der Waals surface area contributed by atoms with E-state index in [9.17, 15) is 14.4 Å². The summed E-state index contributed by atoms with van der Waals surface area (Å²) < 4.78 is 0. The van der Waals surface area contributed by atoms with Crippen LogP contribution in [0.25, 0.3) is 0 Å². The van der Waals surface area contributed by atoms with Crippen molar-refractivity contribution in [2.45, 2.75) is 25.7 Å². The molecule has 6 heteroatoms. The number of carbonyl (C=O) groups is 3. The summed E-state index contributed by atoms with van der Waals surface area (Å²) in [5.74, 6) is -1.17. The molecule has 1 aliphatic heterocycles. The number of likely N-dealkylation sites (tertiary alicyclic amines) is 1. The molecule has 1 saturated heterocycles. The zero-order valence-electron chi connectivity index (χ0n) is 10.2. The number of hydrogen-bond acceptors (Lipinski definition) is 3. The predicted molar refractivity (Wildman–Crippen MR) is 62.7 cm³/mol. The lowest BCUT2D eigenvalue weighted by Gasteiger charge is -2.30.